The number of carbonyl (C=O) groups is 1. The summed E-state index contributed by atoms with van der Waals surface area (Å²) >= 11 is 0. The second-order valence-corrected chi connectivity index (χ2v) is 5.71. The fraction of sp³-hybridized carbons (Fsp3) is 0.389. The summed E-state index contributed by atoms with van der Waals surface area (Å²) in [5, 5.41) is 3.00. The van der Waals surface area contributed by atoms with Crippen molar-refractivity contribution in [2.24, 2.45) is 0 Å². The van der Waals surface area contributed by atoms with Crippen LogP contribution in [0.3, 0.4) is 0 Å². The van der Waals surface area contributed by atoms with Crippen molar-refractivity contribution in [1.82, 2.24) is 4.68 Å². The average molecular weight is 331 g/mol. The second kappa shape index (κ2) is 8.61. The minimum absolute atomic E-state index is 0.0672. The normalized spacial score (nSPS) is 10.8. The van der Waals surface area contributed by atoms with Gasteiger partial charge in [0.1, 0.15) is 0 Å². The zero-order valence-electron chi connectivity index (χ0n) is 14.7. The van der Waals surface area contributed by atoms with Gasteiger partial charge in [-0.3, -0.25) is 9.68 Å². The van der Waals surface area contributed by atoms with E-state index >= 15 is 0 Å². The fourth-order valence-electron chi connectivity index (χ4n) is 2.51. The van der Waals surface area contributed by atoms with E-state index in [1.807, 2.05) is 67.7 Å². The number of para-hydroxylation sites is 1. The van der Waals surface area contributed by atoms with Crippen molar-refractivity contribution in [2.75, 3.05) is 11.9 Å². The molecule has 0 radical (unpaired) electrons. The van der Waals surface area contributed by atoms with E-state index in [1.165, 1.54) is 0 Å². The third-order valence-corrected chi connectivity index (χ3v) is 3.60. The van der Waals surface area contributed by atoms with Crippen LogP contribution in [-0.2, 0) is 27.7 Å². The van der Waals surface area contributed by atoms with Crippen molar-refractivity contribution in [2.45, 2.75) is 40.8 Å². The van der Waals surface area contributed by atoms with Crippen LogP contribution < -0.4 is 10.00 Å². The fourth-order valence-corrected chi connectivity index (χ4v) is 2.51. The maximum atomic E-state index is 12.4. The highest BCUT2D eigenvalue weighted by atomic mass is 17.2. The van der Waals surface area contributed by atoms with Gasteiger partial charge in [-0.2, -0.15) is 4.68 Å². The molecule has 0 bridgehead atoms. The molecule has 1 aromatic heterocycles. The topological polar surface area (TPSA) is 56.4 Å². The number of nitrogens with zero attached hydrogens (tertiary/aromatic N) is 2. The lowest BCUT2D eigenvalue weighted by Gasteiger charge is -2.13. The largest absolute Gasteiger partial charge is 0.411 e. The van der Waals surface area contributed by atoms with Crippen LogP contribution >= 0.6 is 0 Å². The van der Waals surface area contributed by atoms with Crippen molar-refractivity contribution in [3.63, 3.8) is 0 Å². The molecule has 24 heavy (non-hydrogen) atoms. The first kappa shape index (κ1) is 18.2. The van der Waals surface area contributed by atoms with E-state index in [0.29, 0.717) is 13.2 Å². The molecule has 1 N–H and O–H groups in total. The highest BCUT2D eigenvalue weighted by molar-refractivity contribution is 5.91. The van der Waals surface area contributed by atoms with E-state index in [0.717, 1.165) is 22.4 Å². The first-order valence-corrected chi connectivity index (χ1v) is 8.03. The number of hydrogen-bond acceptors (Lipinski definition) is 3. The molecule has 0 aliphatic heterocycles. The molecular formula is C18H25N3O3. The number of rotatable bonds is 8. The van der Waals surface area contributed by atoms with Gasteiger partial charge in [0.05, 0.1) is 12.8 Å². The molecule has 0 atom stereocenters. The Morgan fingerprint density at radius 1 is 1.29 bits per heavy atom. The predicted octanol–water partition coefficient (Wildman–Crippen LogP) is 2.47. The number of amides is 1. The van der Waals surface area contributed by atoms with Gasteiger partial charge in [-0.25, -0.2) is 0 Å². The molecular weight excluding hydrogens is 306 g/mol. The van der Waals surface area contributed by atoms with Crippen molar-refractivity contribution in [1.29, 1.82) is 0 Å². The highest BCUT2D eigenvalue weighted by Crippen LogP contribution is 2.19. The number of anilines is 1. The highest BCUT2D eigenvalue weighted by Gasteiger charge is 2.16. The summed E-state index contributed by atoms with van der Waals surface area (Å²) in [5.74, 6) is -0.0672. The molecule has 0 saturated carbocycles. The van der Waals surface area contributed by atoms with Crippen LogP contribution in [0.15, 0.2) is 30.6 Å². The monoisotopic (exact) mass is 331 g/mol. The lowest BCUT2D eigenvalue weighted by atomic mass is 10.1. The Kier molecular flexibility index (Phi) is 6.52. The number of carbonyl (C=O) groups excluding carboxylic acids is 1. The van der Waals surface area contributed by atoms with Crippen LogP contribution in [0.4, 0.5) is 5.69 Å². The Hall–Kier alpha value is -2.18. The van der Waals surface area contributed by atoms with Gasteiger partial charge in [0.25, 0.3) is 5.91 Å². The summed E-state index contributed by atoms with van der Waals surface area (Å²) in [6.07, 6.45) is 3.89. The maximum Gasteiger partial charge on any atom is 0.292 e. The Bertz CT molecular complexity index is 675. The first-order chi connectivity index (χ1) is 11.5. The van der Waals surface area contributed by atoms with Gasteiger partial charge in [0, 0.05) is 11.3 Å². The molecule has 0 saturated heterocycles. The molecule has 2 rings (SSSR count). The zero-order valence-corrected chi connectivity index (χ0v) is 14.7. The third kappa shape index (κ3) is 4.91. The van der Waals surface area contributed by atoms with Crippen molar-refractivity contribution in [3.8, 4) is 0 Å². The number of nitrogens with one attached hydrogen (secondary N) is 1. The molecule has 130 valence electrons. The number of benzene rings is 1. The van der Waals surface area contributed by atoms with Crippen LogP contribution in [0.2, 0.25) is 0 Å². The maximum absolute atomic E-state index is 12.4. The Morgan fingerprint density at radius 2 is 2.00 bits per heavy atom. The SMILES string of the molecule is CCOO[CH-]Cn1cc(C)c[n+]1CC(=O)Nc1c(C)cccc1C. The molecule has 1 amide bonds. The zero-order chi connectivity index (χ0) is 17.5. The lowest BCUT2D eigenvalue weighted by Crippen LogP contribution is -2.47. The molecule has 6 nitrogen and oxygen atoms in total. The van der Waals surface area contributed by atoms with Gasteiger partial charge in [-0.05, 0) is 45.4 Å². The molecule has 0 aliphatic rings. The molecule has 0 spiro atoms. The van der Waals surface area contributed by atoms with Gasteiger partial charge in [0.2, 0.25) is 6.54 Å². The first-order valence-electron chi connectivity index (χ1n) is 8.03. The predicted molar refractivity (Wildman–Crippen MR) is 90.9 cm³/mol. The quantitative estimate of drug-likeness (QED) is 0.266. The summed E-state index contributed by atoms with van der Waals surface area (Å²) in [7, 11) is 0. The summed E-state index contributed by atoms with van der Waals surface area (Å²) in [6.45, 7) is 10.6. The third-order valence-electron chi connectivity index (χ3n) is 3.60. The van der Waals surface area contributed by atoms with Crippen LogP contribution in [0.1, 0.15) is 23.6 Å². The Morgan fingerprint density at radius 3 is 2.67 bits per heavy atom. The van der Waals surface area contributed by atoms with Gasteiger partial charge < -0.3 is 10.2 Å². The van der Waals surface area contributed by atoms with Crippen molar-refractivity contribution in [3.05, 3.63) is 53.9 Å². The lowest BCUT2D eigenvalue weighted by molar-refractivity contribution is -0.764. The summed E-state index contributed by atoms with van der Waals surface area (Å²) in [4.78, 5) is 22.2. The smallest absolute Gasteiger partial charge is 0.292 e. The van der Waals surface area contributed by atoms with Crippen LogP contribution in [-0.4, -0.2) is 17.2 Å². The minimum Gasteiger partial charge on any atom is -0.411 e. The van der Waals surface area contributed by atoms with E-state index in [9.17, 15) is 4.79 Å². The summed E-state index contributed by atoms with van der Waals surface area (Å²) in [6, 6.07) is 5.96. The molecule has 0 unspecified atom stereocenters. The van der Waals surface area contributed by atoms with Crippen LogP contribution in [0, 0.1) is 27.4 Å². The van der Waals surface area contributed by atoms with Crippen molar-refractivity contribution < 1.29 is 19.3 Å². The number of aryl methyl sites for hydroxylation is 3. The minimum atomic E-state index is -0.0672. The van der Waals surface area contributed by atoms with Gasteiger partial charge in [0.15, 0.2) is 6.20 Å². The second-order valence-electron chi connectivity index (χ2n) is 5.71. The van der Waals surface area contributed by atoms with E-state index in [-0.39, 0.29) is 12.5 Å². The van der Waals surface area contributed by atoms with E-state index in [2.05, 4.69) is 5.32 Å². The molecule has 2 aromatic rings. The van der Waals surface area contributed by atoms with Gasteiger partial charge >= 0.3 is 0 Å². The van der Waals surface area contributed by atoms with Crippen molar-refractivity contribution >= 4 is 11.6 Å². The van der Waals surface area contributed by atoms with Crippen LogP contribution in [0.25, 0.3) is 0 Å². The average Bonchev–Trinajstić information content (AvgIpc) is 2.87. The molecule has 0 fully saturated rings. The Balaban J connectivity index is 2.01. The van der Waals surface area contributed by atoms with Crippen LogP contribution in [0.5, 0.6) is 0 Å². The van der Waals surface area contributed by atoms with Gasteiger partial charge in [-0.15, -0.1) is 11.3 Å². The molecule has 1 aromatic carbocycles. The Labute approximate surface area is 142 Å². The summed E-state index contributed by atoms with van der Waals surface area (Å²) in [5.41, 5.74) is 4.06. The summed E-state index contributed by atoms with van der Waals surface area (Å²) < 4.78 is 3.75. The van der Waals surface area contributed by atoms with E-state index in [4.69, 9.17) is 9.78 Å². The molecule has 0 aliphatic carbocycles. The molecule has 6 heteroatoms. The van der Waals surface area contributed by atoms with Gasteiger partial charge in [-0.1, -0.05) is 18.2 Å². The number of aromatic nitrogens is 2. The van der Waals surface area contributed by atoms with E-state index < -0.39 is 0 Å². The number of hydrogen-bond donors (Lipinski definition) is 1. The molecule has 1 heterocycles. The van der Waals surface area contributed by atoms with E-state index in [1.54, 1.807) is 6.61 Å². The standard InChI is InChI=1S/C18H25N3O3/c1-5-23-24-10-9-20-11-14(2)12-21(20)13-17(22)19-18-15(3)7-6-8-16(18)4/h6-8,10-12H,5,9,13H2,1-4H3,(H,19,22).